The molecule has 1 rings (SSSR count). The lowest BCUT2D eigenvalue weighted by Crippen LogP contribution is -2.32. The average molecular weight is 196 g/mol. The number of hydrogen-bond acceptors (Lipinski definition) is 3. The molecule has 0 saturated carbocycles. The quantitative estimate of drug-likeness (QED) is 0.664. The lowest BCUT2D eigenvalue weighted by Gasteiger charge is -2.05. The number of ketones is 1. The topological polar surface area (TPSA) is 85.3 Å². The summed E-state index contributed by atoms with van der Waals surface area (Å²) in [6, 6.07) is 0.652. The fraction of sp³-hybridized carbons (Fsp3) is 0.333. The summed E-state index contributed by atoms with van der Waals surface area (Å²) in [6.45, 7) is 0. The molecule has 1 aromatic rings. The summed E-state index contributed by atoms with van der Waals surface area (Å²) >= 11 is 0. The van der Waals surface area contributed by atoms with Crippen LogP contribution in [-0.4, -0.2) is 27.5 Å². The third-order valence-electron chi connectivity index (χ3n) is 1.85. The van der Waals surface area contributed by atoms with E-state index in [-0.39, 0.29) is 12.2 Å². The number of nitrogens with zero attached hydrogens (tertiary/aromatic N) is 1. The van der Waals surface area contributed by atoms with E-state index in [9.17, 15) is 9.59 Å². The van der Waals surface area contributed by atoms with Gasteiger partial charge in [0.15, 0.2) is 5.78 Å². The summed E-state index contributed by atoms with van der Waals surface area (Å²) in [5, 5.41) is 8.45. The molecule has 0 spiro atoms. The minimum Gasteiger partial charge on any atom is -0.481 e. The van der Waals surface area contributed by atoms with Crippen molar-refractivity contribution in [3.05, 3.63) is 24.0 Å². The summed E-state index contributed by atoms with van der Waals surface area (Å²) in [5.74, 6) is -1.41. The second-order valence-corrected chi connectivity index (χ2v) is 3.13. The van der Waals surface area contributed by atoms with E-state index in [1.807, 2.05) is 0 Å². The van der Waals surface area contributed by atoms with Gasteiger partial charge in [-0.05, 0) is 6.07 Å². The Kier molecular flexibility index (Phi) is 3.03. The van der Waals surface area contributed by atoms with E-state index in [0.29, 0.717) is 5.56 Å². The molecule has 1 unspecified atom stereocenters. The van der Waals surface area contributed by atoms with Crippen LogP contribution in [0.15, 0.2) is 18.5 Å². The van der Waals surface area contributed by atoms with Gasteiger partial charge in [-0.1, -0.05) is 0 Å². The molecular weight excluding hydrogens is 184 g/mol. The number of aromatic nitrogens is 1. The molecule has 14 heavy (non-hydrogen) atoms. The van der Waals surface area contributed by atoms with Gasteiger partial charge in [-0.25, -0.2) is 0 Å². The zero-order valence-corrected chi connectivity index (χ0v) is 7.80. The zero-order valence-electron chi connectivity index (χ0n) is 7.80. The Bertz CT molecular complexity index is 357. The van der Waals surface area contributed by atoms with Gasteiger partial charge in [-0.3, -0.25) is 9.59 Å². The van der Waals surface area contributed by atoms with Crippen molar-refractivity contribution in [2.45, 2.75) is 12.5 Å². The van der Waals surface area contributed by atoms with E-state index < -0.39 is 12.0 Å². The molecule has 0 saturated heterocycles. The van der Waals surface area contributed by atoms with Crippen LogP contribution in [0.2, 0.25) is 0 Å². The first-order chi connectivity index (χ1) is 6.50. The van der Waals surface area contributed by atoms with Crippen molar-refractivity contribution in [1.29, 1.82) is 0 Å². The van der Waals surface area contributed by atoms with Crippen molar-refractivity contribution >= 4 is 11.8 Å². The minimum absolute atomic E-state index is 0.340. The standard InChI is InChI=1S/C9H12N2O3/c1-11-3-2-6(5-11)9(14)7(10)4-8(12)13/h2-3,5,7H,4,10H2,1H3,(H,12,13). The van der Waals surface area contributed by atoms with Gasteiger partial charge in [-0.2, -0.15) is 0 Å². The predicted octanol–water partition coefficient (Wildman–Crippen LogP) is 0.00980. The van der Waals surface area contributed by atoms with Gasteiger partial charge in [0.25, 0.3) is 0 Å². The Morgan fingerprint density at radius 2 is 2.29 bits per heavy atom. The highest BCUT2D eigenvalue weighted by Crippen LogP contribution is 2.05. The first-order valence-electron chi connectivity index (χ1n) is 4.14. The van der Waals surface area contributed by atoms with Gasteiger partial charge in [0, 0.05) is 25.0 Å². The summed E-state index contributed by atoms with van der Waals surface area (Å²) in [6.07, 6.45) is 2.98. The Balaban J connectivity index is 2.70. The largest absolute Gasteiger partial charge is 0.481 e. The van der Waals surface area contributed by atoms with Crippen molar-refractivity contribution in [1.82, 2.24) is 4.57 Å². The molecule has 1 atom stereocenters. The van der Waals surface area contributed by atoms with Crippen LogP contribution in [-0.2, 0) is 11.8 Å². The smallest absolute Gasteiger partial charge is 0.305 e. The van der Waals surface area contributed by atoms with Gasteiger partial charge in [0.1, 0.15) is 0 Å². The first kappa shape index (κ1) is 10.5. The van der Waals surface area contributed by atoms with Crippen LogP contribution < -0.4 is 5.73 Å². The van der Waals surface area contributed by atoms with Crippen molar-refractivity contribution in [3.8, 4) is 0 Å². The number of carboxylic acids is 1. The Morgan fingerprint density at radius 3 is 2.71 bits per heavy atom. The number of Topliss-reactive ketones (excluding diaryl/α,β-unsaturated/α-hetero) is 1. The fourth-order valence-electron chi connectivity index (χ4n) is 1.14. The van der Waals surface area contributed by atoms with Crippen LogP contribution in [0.25, 0.3) is 0 Å². The number of hydrogen-bond donors (Lipinski definition) is 2. The number of nitrogens with two attached hydrogens (primary N) is 1. The van der Waals surface area contributed by atoms with Gasteiger partial charge < -0.3 is 15.4 Å². The molecule has 5 heteroatoms. The highest BCUT2D eigenvalue weighted by molar-refractivity contribution is 6.01. The summed E-state index contributed by atoms with van der Waals surface area (Å²) < 4.78 is 1.71. The molecule has 0 amide bonds. The van der Waals surface area contributed by atoms with Gasteiger partial charge in [0.2, 0.25) is 0 Å². The molecule has 0 aliphatic heterocycles. The molecule has 0 fully saturated rings. The maximum Gasteiger partial charge on any atom is 0.305 e. The van der Waals surface area contributed by atoms with Gasteiger partial charge >= 0.3 is 5.97 Å². The molecule has 1 aromatic heterocycles. The van der Waals surface area contributed by atoms with E-state index in [1.54, 1.807) is 30.1 Å². The number of carboxylic acid groups (broad SMARTS) is 1. The highest BCUT2D eigenvalue weighted by Gasteiger charge is 2.18. The SMILES string of the molecule is Cn1ccc(C(=O)C(N)CC(=O)O)c1. The van der Waals surface area contributed by atoms with E-state index in [1.165, 1.54) is 0 Å². The summed E-state index contributed by atoms with van der Waals surface area (Å²) in [5.41, 5.74) is 5.87. The second kappa shape index (κ2) is 4.06. The maximum atomic E-state index is 11.5. The number of rotatable bonds is 4. The zero-order chi connectivity index (χ0) is 10.7. The summed E-state index contributed by atoms with van der Waals surface area (Å²) in [4.78, 5) is 21.8. The molecule has 3 N–H and O–H groups in total. The number of aliphatic carboxylic acids is 1. The molecular formula is C9H12N2O3. The Morgan fingerprint density at radius 1 is 1.64 bits per heavy atom. The van der Waals surface area contributed by atoms with E-state index in [2.05, 4.69) is 0 Å². The molecule has 5 nitrogen and oxygen atoms in total. The number of carbonyl (C=O) groups excluding carboxylic acids is 1. The summed E-state index contributed by atoms with van der Waals surface area (Å²) in [7, 11) is 1.78. The third kappa shape index (κ3) is 2.43. The second-order valence-electron chi connectivity index (χ2n) is 3.13. The van der Waals surface area contributed by atoms with E-state index in [0.717, 1.165) is 0 Å². The molecule has 0 aromatic carbocycles. The molecule has 1 heterocycles. The minimum atomic E-state index is -1.07. The van der Waals surface area contributed by atoms with Gasteiger partial charge in [-0.15, -0.1) is 0 Å². The molecule has 0 radical (unpaired) electrons. The average Bonchev–Trinajstić information content (AvgIpc) is 2.49. The molecule has 0 bridgehead atoms. The lowest BCUT2D eigenvalue weighted by molar-refractivity contribution is -0.137. The fourth-order valence-corrected chi connectivity index (χ4v) is 1.14. The van der Waals surface area contributed by atoms with Crippen LogP contribution >= 0.6 is 0 Å². The van der Waals surface area contributed by atoms with Crippen molar-refractivity contribution in [2.24, 2.45) is 12.8 Å². The van der Waals surface area contributed by atoms with Crippen molar-refractivity contribution < 1.29 is 14.7 Å². The van der Waals surface area contributed by atoms with Crippen LogP contribution in [0.4, 0.5) is 0 Å². The monoisotopic (exact) mass is 196 g/mol. The number of carbonyl (C=O) groups is 2. The Hall–Kier alpha value is -1.62. The van der Waals surface area contributed by atoms with Gasteiger partial charge in [0.05, 0.1) is 12.5 Å². The number of aryl methyl sites for hydroxylation is 1. The molecule has 0 aliphatic carbocycles. The van der Waals surface area contributed by atoms with Crippen LogP contribution in [0, 0.1) is 0 Å². The predicted molar refractivity (Wildman–Crippen MR) is 50.0 cm³/mol. The highest BCUT2D eigenvalue weighted by atomic mass is 16.4. The van der Waals surface area contributed by atoms with Crippen LogP contribution in [0.1, 0.15) is 16.8 Å². The van der Waals surface area contributed by atoms with Crippen LogP contribution in [0.5, 0.6) is 0 Å². The van der Waals surface area contributed by atoms with E-state index in [4.69, 9.17) is 10.8 Å². The third-order valence-corrected chi connectivity index (χ3v) is 1.85. The van der Waals surface area contributed by atoms with Crippen LogP contribution in [0.3, 0.4) is 0 Å². The Labute approximate surface area is 81.1 Å². The normalized spacial score (nSPS) is 12.4. The maximum absolute atomic E-state index is 11.5. The van der Waals surface area contributed by atoms with Crippen molar-refractivity contribution in [2.75, 3.05) is 0 Å². The molecule has 76 valence electrons. The lowest BCUT2D eigenvalue weighted by atomic mass is 10.1. The molecule has 0 aliphatic rings. The first-order valence-corrected chi connectivity index (χ1v) is 4.14. The van der Waals surface area contributed by atoms with E-state index >= 15 is 0 Å². The van der Waals surface area contributed by atoms with Crippen molar-refractivity contribution in [3.63, 3.8) is 0 Å².